The largest absolute Gasteiger partial charge is 0.497 e. The first-order chi connectivity index (χ1) is 10.0. The zero-order valence-corrected chi connectivity index (χ0v) is 12.0. The van der Waals surface area contributed by atoms with E-state index in [2.05, 4.69) is 5.32 Å². The van der Waals surface area contributed by atoms with Crippen molar-refractivity contribution in [3.8, 4) is 5.75 Å². The van der Waals surface area contributed by atoms with Crippen molar-refractivity contribution in [3.05, 3.63) is 58.9 Å². The van der Waals surface area contributed by atoms with E-state index >= 15 is 0 Å². The lowest BCUT2D eigenvalue weighted by Gasteiger charge is -2.18. The molecule has 6 heteroatoms. The maximum atomic E-state index is 13.1. The predicted octanol–water partition coefficient (Wildman–Crippen LogP) is 3.13. The van der Waals surface area contributed by atoms with Gasteiger partial charge in [0.25, 0.3) is 0 Å². The van der Waals surface area contributed by atoms with Crippen LogP contribution < -0.4 is 15.8 Å². The second kappa shape index (κ2) is 6.45. The Hall–Kier alpha value is -2.27. The molecular weight excluding hydrogens is 295 g/mol. The summed E-state index contributed by atoms with van der Waals surface area (Å²) in [4.78, 5) is 11.6. The molecule has 110 valence electrons. The Morgan fingerprint density at radius 2 is 1.95 bits per heavy atom. The average molecular weight is 309 g/mol. The van der Waals surface area contributed by atoms with Crippen LogP contribution in [0.25, 0.3) is 0 Å². The van der Waals surface area contributed by atoms with Crippen LogP contribution in [0.3, 0.4) is 0 Å². The van der Waals surface area contributed by atoms with Crippen LogP contribution in [-0.2, 0) is 4.79 Å². The van der Waals surface area contributed by atoms with Gasteiger partial charge in [-0.2, -0.15) is 0 Å². The number of methoxy groups -OCH3 is 1. The molecule has 0 bridgehead atoms. The van der Waals surface area contributed by atoms with Gasteiger partial charge in [-0.05, 0) is 36.4 Å². The van der Waals surface area contributed by atoms with E-state index in [0.717, 1.165) is 6.07 Å². The number of rotatable bonds is 5. The molecule has 0 heterocycles. The summed E-state index contributed by atoms with van der Waals surface area (Å²) in [6.45, 7) is 0. The van der Waals surface area contributed by atoms with Gasteiger partial charge in [-0.25, -0.2) is 4.39 Å². The third-order valence-electron chi connectivity index (χ3n) is 2.96. The lowest BCUT2D eigenvalue weighted by atomic mass is 10.1. The van der Waals surface area contributed by atoms with Crippen LogP contribution in [0, 0.1) is 5.82 Å². The van der Waals surface area contributed by atoms with Crippen molar-refractivity contribution in [1.29, 1.82) is 0 Å². The molecule has 3 N–H and O–H groups in total. The monoisotopic (exact) mass is 308 g/mol. The summed E-state index contributed by atoms with van der Waals surface area (Å²) in [6.07, 6.45) is 0. The summed E-state index contributed by atoms with van der Waals surface area (Å²) < 4.78 is 18.1. The van der Waals surface area contributed by atoms with E-state index in [0.29, 0.717) is 17.0 Å². The first kappa shape index (κ1) is 15.1. The normalized spacial score (nSPS) is 11.8. The number of carbonyl (C=O) groups excluding carboxylic acids is 1. The molecule has 21 heavy (non-hydrogen) atoms. The maximum Gasteiger partial charge on any atom is 0.244 e. The molecule has 0 aliphatic heterocycles. The van der Waals surface area contributed by atoms with Crippen LogP contribution >= 0.6 is 11.6 Å². The zero-order valence-electron chi connectivity index (χ0n) is 11.3. The van der Waals surface area contributed by atoms with Gasteiger partial charge >= 0.3 is 0 Å². The van der Waals surface area contributed by atoms with E-state index in [1.807, 2.05) is 0 Å². The zero-order chi connectivity index (χ0) is 15.4. The van der Waals surface area contributed by atoms with E-state index < -0.39 is 17.8 Å². The highest BCUT2D eigenvalue weighted by Gasteiger charge is 2.20. The minimum Gasteiger partial charge on any atom is -0.497 e. The Morgan fingerprint density at radius 3 is 2.48 bits per heavy atom. The lowest BCUT2D eigenvalue weighted by molar-refractivity contribution is -0.118. The Balaban J connectivity index is 2.28. The fourth-order valence-corrected chi connectivity index (χ4v) is 2.17. The van der Waals surface area contributed by atoms with Crippen molar-refractivity contribution in [2.45, 2.75) is 6.04 Å². The van der Waals surface area contributed by atoms with Crippen LogP contribution in [0.1, 0.15) is 11.6 Å². The molecule has 0 saturated carbocycles. The predicted molar refractivity (Wildman–Crippen MR) is 80.0 cm³/mol. The minimum atomic E-state index is -0.855. The Bertz CT molecular complexity index is 647. The van der Waals surface area contributed by atoms with Crippen LogP contribution in [0.5, 0.6) is 5.75 Å². The molecule has 0 aromatic heterocycles. The minimum absolute atomic E-state index is 0.139. The van der Waals surface area contributed by atoms with E-state index in [4.69, 9.17) is 22.1 Å². The van der Waals surface area contributed by atoms with Gasteiger partial charge in [0.1, 0.15) is 17.6 Å². The van der Waals surface area contributed by atoms with Crippen LogP contribution in [-0.4, -0.2) is 13.0 Å². The fraction of sp³-hybridized carbons (Fsp3) is 0.133. The van der Waals surface area contributed by atoms with Gasteiger partial charge in [-0.3, -0.25) is 4.79 Å². The average Bonchev–Trinajstić information content (AvgIpc) is 2.46. The van der Waals surface area contributed by atoms with E-state index in [-0.39, 0.29) is 5.02 Å². The summed E-state index contributed by atoms with van der Waals surface area (Å²) in [7, 11) is 1.56. The number of nitrogens with two attached hydrogens (primary N) is 1. The van der Waals surface area contributed by atoms with Crippen molar-refractivity contribution in [2.24, 2.45) is 5.73 Å². The SMILES string of the molecule is COc1ccc(NC(C(N)=O)c2ccc(F)cc2Cl)cc1. The van der Waals surface area contributed by atoms with E-state index in [1.54, 1.807) is 31.4 Å². The molecule has 2 aromatic carbocycles. The molecule has 0 saturated heterocycles. The van der Waals surface area contributed by atoms with Crippen molar-refractivity contribution in [3.63, 3.8) is 0 Å². The third kappa shape index (κ3) is 3.64. The Kier molecular flexibility index (Phi) is 4.65. The first-order valence-corrected chi connectivity index (χ1v) is 6.54. The molecule has 1 unspecified atom stereocenters. The van der Waals surface area contributed by atoms with Gasteiger partial charge in [0, 0.05) is 16.3 Å². The van der Waals surface area contributed by atoms with Gasteiger partial charge in [0.2, 0.25) is 5.91 Å². The van der Waals surface area contributed by atoms with Crippen molar-refractivity contribution in [1.82, 2.24) is 0 Å². The molecule has 0 aliphatic rings. The fourth-order valence-electron chi connectivity index (χ4n) is 1.89. The van der Waals surface area contributed by atoms with E-state index in [9.17, 15) is 9.18 Å². The first-order valence-electron chi connectivity index (χ1n) is 6.16. The van der Waals surface area contributed by atoms with Crippen molar-refractivity contribution < 1.29 is 13.9 Å². The highest BCUT2D eigenvalue weighted by molar-refractivity contribution is 6.31. The molecule has 0 aliphatic carbocycles. The highest BCUT2D eigenvalue weighted by atomic mass is 35.5. The molecule has 0 fully saturated rings. The second-order valence-electron chi connectivity index (χ2n) is 4.37. The Morgan fingerprint density at radius 1 is 1.29 bits per heavy atom. The molecule has 1 amide bonds. The van der Waals surface area contributed by atoms with Crippen molar-refractivity contribution in [2.75, 3.05) is 12.4 Å². The third-order valence-corrected chi connectivity index (χ3v) is 3.29. The van der Waals surface area contributed by atoms with Crippen LogP contribution in [0.2, 0.25) is 5.02 Å². The van der Waals surface area contributed by atoms with Gasteiger partial charge in [0.15, 0.2) is 0 Å². The number of hydrogen-bond donors (Lipinski definition) is 2. The molecule has 0 spiro atoms. The summed E-state index contributed by atoms with van der Waals surface area (Å²) in [5.41, 5.74) is 6.49. The van der Waals surface area contributed by atoms with Gasteiger partial charge in [-0.15, -0.1) is 0 Å². The lowest BCUT2D eigenvalue weighted by Crippen LogP contribution is -2.28. The number of nitrogens with one attached hydrogen (secondary N) is 1. The molecule has 4 nitrogen and oxygen atoms in total. The smallest absolute Gasteiger partial charge is 0.244 e. The number of amides is 1. The van der Waals surface area contributed by atoms with Gasteiger partial charge in [0.05, 0.1) is 7.11 Å². The standard InChI is InChI=1S/C15H14ClFN2O2/c1-21-11-5-3-10(4-6-11)19-14(15(18)20)12-7-2-9(17)8-13(12)16/h2-8,14,19H,1H3,(H2,18,20). The number of anilines is 1. The topological polar surface area (TPSA) is 64.3 Å². The number of carbonyl (C=O) groups is 1. The number of hydrogen-bond acceptors (Lipinski definition) is 3. The second-order valence-corrected chi connectivity index (χ2v) is 4.78. The molecule has 2 aromatic rings. The van der Waals surface area contributed by atoms with Crippen LogP contribution in [0.4, 0.5) is 10.1 Å². The summed E-state index contributed by atoms with van der Waals surface area (Å²) >= 11 is 5.97. The molecular formula is C15H14ClFN2O2. The number of benzene rings is 2. The summed E-state index contributed by atoms with van der Waals surface area (Å²) in [6, 6.07) is 9.92. The highest BCUT2D eigenvalue weighted by Crippen LogP contribution is 2.27. The molecule has 2 rings (SSSR count). The maximum absolute atomic E-state index is 13.1. The number of ether oxygens (including phenoxy) is 1. The number of primary amides is 1. The van der Waals surface area contributed by atoms with Gasteiger partial charge in [-0.1, -0.05) is 17.7 Å². The summed E-state index contributed by atoms with van der Waals surface area (Å²) in [5, 5.41) is 3.11. The Labute approximate surface area is 126 Å². The van der Waals surface area contributed by atoms with E-state index in [1.165, 1.54) is 12.1 Å². The van der Waals surface area contributed by atoms with Crippen LogP contribution in [0.15, 0.2) is 42.5 Å². The molecule has 0 radical (unpaired) electrons. The van der Waals surface area contributed by atoms with Crippen molar-refractivity contribution >= 4 is 23.2 Å². The van der Waals surface area contributed by atoms with Gasteiger partial charge < -0.3 is 15.8 Å². The quantitative estimate of drug-likeness (QED) is 0.892. The number of halogens is 2. The summed E-state index contributed by atoms with van der Waals surface area (Å²) in [5.74, 6) is -0.397. The molecule has 1 atom stereocenters.